The van der Waals surface area contributed by atoms with Crippen molar-refractivity contribution in [2.45, 2.75) is 50.5 Å². The zero-order valence-electron chi connectivity index (χ0n) is 21.2. The van der Waals surface area contributed by atoms with Gasteiger partial charge in [0.2, 0.25) is 15.9 Å². The van der Waals surface area contributed by atoms with E-state index in [1.807, 2.05) is 13.0 Å². The van der Waals surface area contributed by atoms with E-state index in [9.17, 15) is 13.2 Å². The summed E-state index contributed by atoms with van der Waals surface area (Å²) < 4.78 is 33.7. The average molecular weight is 538 g/mol. The lowest BCUT2D eigenvalue weighted by molar-refractivity contribution is -0.134. The van der Waals surface area contributed by atoms with E-state index in [1.165, 1.54) is 6.07 Å². The van der Waals surface area contributed by atoms with E-state index in [2.05, 4.69) is 15.0 Å². The van der Waals surface area contributed by atoms with Gasteiger partial charge < -0.3 is 26.6 Å². The Hall–Kier alpha value is -3.96. The molecule has 0 aliphatic carbocycles. The number of rotatable bonds is 12. The van der Waals surface area contributed by atoms with Crippen molar-refractivity contribution < 1.29 is 27.9 Å². The molecule has 2 rings (SSSR count). The number of sulfonamides is 1. The van der Waals surface area contributed by atoms with Crippen LogP contribution >= 0.6 is 0 Å². The number of carbonyl (C=O) groups excluding carboxylic acids is 1. The SMILES string of the molecule is CC(=O)O.CCCCNC(=O)[C@H](CCCN=C(N)N)NS(=O)(=O)c1ccc2cc(OC)ccc2c1.N#N. The number of benzene rings is 2. The number of hydrogen-bond donors (Lipinski definition) is 5. The number of methoxy groups -OCH3 is 1. The van der Waals surface area contributed by atoms with Crippen LogP contribution in [-0.2, 0) is 19.6 Å². The first kappa shape index (κ1) is 33.0. The number of nitrogens with zero attached hydrogens (tertiary/aromatic N) is 3. The quantitative estimate of drug-likeness (QED) is 0.113. The lowest BCUT2D eigenvalue weighted by atomic mass is 10.1. The molecule has 1 amide bonds. The summed E-state index contributed by atoms with van der Waals surface area (Å²) in [5.74, 6) is -0.560. The maximum Gasteiger partial charge on any atom is 0.300 e. The smallest absolute Gasteiger partial charge is 0.300 e. The molecule has 2 aromatic carbocycles. The number of carboxylic acids is 1. The largest absolute Gasteiger partial charge is 0.497 e. The van der Waals surface area contributed by atoms with Gasteiger partial charge in [0.25, 0.3) is 5.97 Å². The Balaban J connectivity index is 0.00000196. The maximum atomic E-state index is 13.0. The molecule has 0 radical (unpaired) electrons. The summed E-state index contributed by atoms with van der Waals surface area (Å²) in [5, 5.41) is 23.8. The zero-order valence-corrected chi connectivity index (χ0v) is 22.0. The summed E-state index contributed by atoms with van der Waals surface area (Å²) in [6, 6.07) is 9.24. The fraction of sp³-hybridized carbons (Fsp3) is 0.435. The molecule has 1 atom stereocenters. The third-order valence-corrected chi connectivity index (χ3v) is 6.19. The highest BCUT2D eigenvalue weighted by Gasteiger charge is 2.25. The minimum Gasteiger partial charge on any atom is -0.497 e. The molecule has 0 aromatic heterocycles. The number of nitrogens with two attached hydrogens (primary N) is 2. The number of aliphatic imine (C=N–C) groups is 1. The van der Waals surface area contributed by atoms with Crippen molar-refractivity contribution >= 4 is 38.6 Å². The molecular weight excluding hydrogens is 502 g/mol. The molecule has 13 nitrogen and oxygen atoms in total. The van der Waals surface area contributed by atoms with Crippen molar-refractivity contribution in [3.05, 3.63) is 36.4 Å². The van der Waals surface area contributed by atoms with Crippen molar-refractivity contribution in [2.75, 3.05) is 20.2 Å². The van der Waals surface area contributed by atoms with E-state index in [4.69, 9.17) is 36.9 Å². The van der Waals surface area contributed by atoms with E-state index < -0.39 is 22.0 Å². The molecular formula is C23H35N7O6S. The van der Waals surface area contributed by atoms with Gasteiger partial charge in [-0.3, -0.25) is 14.6 Å². The molecule has 37 heavy (non-hydrogen) atoms. The van der Waals surface area contributed by atoms with Crippen LogP contribution in [0, 0.1) is 10.8 Å². The van der Waals surface area contributed by atoms with Crippen molar-refractivity contribution in [1.29, 1.82) is 10.8 Å². The fourth-order valence-electron chi connectivity index (χ4n) is 3.01. The number of amides is 1. The number of carboxylic acid groups (broad SMARTS) is 1. The van der Waals surface area contributed by atoms with Gasteiger partial charge in [-0.05, 0) is 54.3 Å². The van der Waals surface area contributed by atoms with Crippen LogP contribution in [-0.4, -0.2) is 57.6 Å². The molecule has 0 bridgehead atoms. The number of unbranched alkanes of at least 4 members (excludes halogenated alkanes) is 1. The first-order valence-corrected chi connectivity index (χ1v) is 12.8. The highest BCUT2D eigenvalue weighted by molar-refractivity contribution is 7.89. The monoisotopic (exact) mass is 537 g/mol. The van der Waals surface area contributed by atoms with Crippen molar-refractivity contribution in [1.82, 2.24) is 10.0 Å². The number of hydrogen-bond acceptors (Lipinski definition) is 8. The molecule has 0 saturated carbocycles. The van der Waals surface area contributed by atoms with Gasteiger partial charge in [0.05, 0.1) is 12.0 Å². The van der Waals surface area contributed by atoms with E-state index in [1.54, 1.807) is 31.4 Å². The maximum absolute atomic E-state index is 13.0. The van der Waals surface area contributed by atoms with Crippen LogP contribution < -0.4 is 26.2 Å². The van der Waals surface area contributed by atoms with E-state index in [0.29, 0.717) is 25.3 Å². The van der Waals surface area contributed by atoms with Gasteiger partial charge in [0, 0.05) is 30.8 Å². The summed E-state index contributed by atoms with van der Waals surface area (Å²) in [4.78, 5) is 25.6. The van der Waals surface area contributed by atoms with Gasteiger partial charge in [-0.2, -0.15) is 4.72 Å². The van der Waals surface area contributed by atoms with Crippen molar-refractivity contribution in [2.24, 2.45) is 16.5 Å². The number of guanidine groups is 1. The second-order valence-electron chi connectivity index (χ2n) is 7.66. The van der Waals surface area contributed by atoms with Crippen LogP contribution in [0.2, 0.25) is 0 Å². The summed E-state index contributed by atoms with van der Waals surface area (Å²) in [6.07, 6.45) is 2.44. The minimum absolute atomic E-state index is 0.0441. The predicted octanol–water partition coefficient (Wildman–Crippen LogP) is 1.59. The zero-order chi connectivity index (χ0) is 28.4. The van der Waals surface area contributed by atoms with Gasteiger partial charge in [0.15, 0.2) is 5.96 Å². The third-order valence-electron chi connectivity index (χ3n) is 4.72. The van der Waals surface area contributed by atoms with Crippen LogP contribution in [0.1, 0.15) is 39.5 Å². The molecule has 0 aliphatic rings. The molecule has 0 heterocycles. The van der Waals surface area contributed by atoms with Gasteiger partial charge in [-0.25, -0.2) is 8.42 Å². The normalized spacial score (nSPS) is 11.1. The Morgan fingerprint density at radius 3 is 2.27 bits per heavy atom. The lowest BCUT2D eigenvalue weighted by Gasteiger charge is -2.18. The average Bonchev–Trinajstić information content (AvgIpc) is 2.86. The van der Waals surface area contributed by atoms with Crippen LogP contribution in [0.15, 0.2) is 46.3 Å². The number of nitrogens with one attached hydrogen (secondary N) is 2. The Morgan fingerprint density at radius 1 is 1.11 bits per heavy atom. The van der Waals surface area contributed by atoms with Crippen molar-refractivity contribution in [3.63, 3.8) is 0 Å². The van der Waals surface area contributed by atoms with Gasteiger partial charge in [0.1, 0.15) is 11.8 Å². The molecule has 0 fully saturated rings. The van der Waals surface area contributed by atoms with Crippen LogP contribution in [0.4, 0.5) is 0 Å². The van der Waals surface area contributed by atoms with E-state index in [0.717, 1.165) is 30.5 Å². The first-order valence-electron chi connectivity index (χ1n) is 11.3. The number of ether oxygens (including phenoxy) is 1. The predicted molar refractivity (Wildman–Crippen MR) is 139 cm³/mol. The van der Waals surface area contributed by atoms with Gasteiger partial charge in [-0.1, -0.05) is 25.5 Å². The van der Waals surface area contributed by atoms with E-state index in [-0.39, 0.29) is 23.2 Å². The van der Waals surface area contributed by atoms with Crippen LogP contribution in [0.3, 0.4) is 0 Å². The molecule has 2 aromatic rings. The number of carbonyl (C=O) groups is 2. The topological polar surface area (TPSA) is 234 Å². The minimum atomic E-state index is -3.92. The Labute approximate surface area is 216 Å². The highest BCUT2D eigenvalue weighted by atomic mass is 32.2. The van der Waals surface area contributed by atoms with Crippen LogP contribution in [0.5, 0.6) is 5.75 Å². The lowest BCUT2D eigenvalue weighted by Crippen LogP contribution is -2.47. The summed E-state index contributed by atoms with van der Waals surface area (Å²) in [5.41, 5.74) is 10.6. The molecule has 14 heteroatoms. The summed E-state index contributed by atoms with van der Waals surface area (Å²) >= 11 is 0. The molecule has 0 saturated heterocycles. The highest BCUT2D eigenvalue weighted by Crippen LogP contribution is 2.24. The molecule has 0 aliphatic heterocycles. The summed E-state index contributed by atoms with van der Waals surface area (Å²) in [7, 11) is -2.35. The second kappa shape index (κ2) is 17.5. The molecule has 204 valence electrons. The van der Waals surface area contributed by atoms with E-state index >= 15 is 0 Å². The number of fused-ring (bicyclic) bond motifs is 1. The fourth-order valence-corrected chi connectivity index (χ4v) is 4.27. The summed E-state index contributed by atoms with van der Waals surface area (Å²) in [6.45, 7) is 3.89. The second-order valence-corrected chi connectivity index (χ2v) is 9.38. The van der Waals surface area contributed by atoms with Gasteiger partial charge in [-0.15, -0.1) is 0 Å². The Morgan fingerprint density at radius 2 is 1.70 bits per heavy atom. The number of aliphatic carboxylic acids is 1. The third kappa shape index (κ3) is 13.1. The molecule has 0 unspecified atom stereocenters. The van der Waals surface area contributed by atoms with Crippen LogP contribution in [0.25, 0.3) is 10.8 Å². The molecule has 7 N–H and O–H groups in total. The standard InChI is InChI=1S/C21H31N5O4S.C2H4O2.N2/c1-3-4-11-24-20(27)19(6-5-12-25-21(22)23)26-31(28,29)18-10-8-15-13-17(30-2)9-7-16(15)14-18;1-2(3)4;1-2/h7-10,13-14,19,26H,3-6,11-12H2,1-2H3,(H,24,27)(H4,22,23,25);1H3,(H,3,4);/t19-;;/m0../s1. The first-order chi connectivity index (χ1) is 17.5. The van der Waals surface area contributed by atoms with Gasteiger partial charge >= 0.3 is 0 Å². The van der Waals surface area contributed by atoms with Crippen molar-refractivity contribution in [3.8, 4) is 5.75 Å². The molecule has 0 spiro atoms. The Bertz CT molecular complexity index is 1160. The Kier molecular flexibility index (Phi) is 15.6.